The summed E-state index contributed by atoms with van der Waals surface area (Å²) in [5, 5.41) is 2.63. The molecular weight excluding hydrogens is 194 g/mol. The van der Waals surface area contributed by atoms with E-state index in [4.69, 9.17) is 9.47 Å². The lowest BCUT2D eigenvalue weighted by molar-refractivity contribution is 0.141. The maximum atomic E-state index is 10.9. The minimum Gasteiger partial charge on any atom is -0.497 e. The van der Waals surface area contributed by atoms with Crippen LogP contribution in [0.5, 0.6) is 5.75 Å². The number of alkyl carbamates (subject to hydrolysis) is 1. The van der Waals surface area contributed by atoms with E-state index < -0.39 is 0 Å². The molecule has 1 aliphatic heterocycles. The van der Waals surface area contributed by atoms with E-state index in [1.807, 2.05) is 25.1 Å². The lowest BCUT2D eigenvalue weighted by Crippen LogP contribution is -2.12. The molecule has 1 heterocycles. The van der Waals surface area contributed by atoms with Gasteiger partial charge in [-0.25, -0.2) is 4.79 Å². The predicted molar refractivity (Wildman–Crippen MR) is 55.0 cm³/mol. The lowest BCUT2D eigenvalue weighted by Gasteiger charge is -2.12. The van der Waals surface area contributed by atoms with Crippen LogP contribution < -0.4 is 10.1 Å². The monoisotopic (exact) mass is 207 g/mol. The molecule has 80 valence electrons. The van der Waals surface area contributed by atoms with E-state index in [0.29, 0.717) is 6.54 Å². The molecule has 1 saturated heterocycles. The van der Waals surface area contributed by atoms with Crippen molar-refractivity contribution in [1.29, 1.82) is 0 Å². The number of carbonyl (C=O) groups excluding carboxylic acids is 1. The van der Waals surface area contributed by atoms with Crippen molar-refractivity contribution in [3.8, 4) is 5.75 Å². The Kier molecular flexibility index (Phi) is 2.49. The zero-order valence-corrected chi connectivity index (χ0v) is 8.74. The molecule has 15 heavy (non-hydrogen) atoms. The standard InChI is InChI=1S/C11H13NO3/c1-7-5-8(14-2)3-4-9(7)10-6-12-11(13)15-10/h3-5,10H,6H2,1-2H3,(H,12,13). The van der Waals surface area contributed by atoms with Crippen LogP contribution in [-0.4, -0.2) is 19.7 Å². The van der Waals surface area contributed by atoms with Gasteiger partial charge < -0.3 is 14.8 Å². The van der Waals surface area contributed by atoms with Crippen LogP contribution >= 0.6 is 0 Å². The third kappa shape index (κ3) is 1.88. The molecule has 1 N–H and O–H groups in total. The number of amides is 1. The molecule has 1 fully saturated rings. The minimum atomic E-state index is -0.352. The van der Waals surface area contributed by atoms with Crippen LogP contribution in [0.3, 0.4) is 0 Å². The van der Waals surface area contributed by atoms with Gasteiger partial charge in [-0.3, -0.25) is 0 Å². The molecule has 0 aromatic heterocycles. The van der Waals surface area contributed by atoms with Crippen LogP contribution in [0.1, 0.15) is 17.2 Å². The quantitative estimate of drug-likeness (QED) is 0.804. The van der Waals surface area contributed by atoms with Crippen molar-refractivity contribution in [2.75, 3.05) is 13.7 Å². The van der Waals surface area contributed by atoms with Crippen molar-refractivity contribution >= 4 is 6.09 Å². The van der Waals surface area contributed by atoms with Crippen molar-refractivity contribution < 1.29 is 14.3 Å². The first kappa shape index (κ1) is 9.83. The molecule has 1 aromatic rings. The van der Waals surface area contributed by atoms with Crippen molar-refractivity contribution in [2.45, 2.75) is 13.0 Å². The Hall–Kier alpha value is -1.71. The van der Waals surface area contributed by atoms with E-state index in [9.17, 15) is 4.79 Å². The molecular formula is C11H13NO3. The maximum Gasteiger partial charge on any atom is 0.407 e. The average molecular weight is 207 g/mol. The van der Waals surface area contributed by atoms with Gasteiger partial charge in [-0.05, 0) is 30.2 Å². The molecule has 4 nitrogen and oxygen atoms in total. The van der Waals surface area contributed by atoms with Gasteiger partial charge in [0.15, 0.2) is 0 Å². The number of ether oxygens (including phenoxy) is 2. The molecule has 1 unspecified atom stereocenters. The Morgan fingerprint density at radius 1 is 1.53 bits per heavy atom. The SMILES string of the molecule is COc1ccc(C2CNC(=O)O2)c(C)c1. The van der Waals surface area contributed by atoms with Gasteiger partial charge in [-0.15, -0.1) is 0 Å². The first-order valence-electron chi connectivity index (χ1n) is 4.79. The Morgan fingerprint density at radius 3 is 2.87 bits per heavy atom. The number of nitrogens with one attached hydrogen (secondary N) is 1. The highest BCUT2D eigenvalue weighted by Crippen LogP contribution is 2.26. The van der Waals surface area contributed by atoms with E-state index in [2.05, 4.69) is 5.32 Å². The van der Waals surface area contributed by atoms with Crippen LogP contribution in [0.4, 0.5) is 4.79 Å². The number of hydrogen-bond donors (Lipinski definition) is 1. The summed E-state index contributed by atoms with van der Waals surface area (Å²) in [7, 11) is 1.63. The number of rotatable bonds is 2. The van der Waals surface area contributed by atoms with Crippen LogP contribution in [0.25, 0.3) is 0 Å². The first-order chi connectivity index (χ1) is 7.20. The topological polar surface area (TPSA) is 47.6 Å². The van der Waals surface area contributed by atoms with Gasteiger partial charge in [-0.2, -0.15) is 0 Å². The molecule has 1 aliphatic rings. The second-order valence-electron chi connectivity index (χ2n) is 3.50. The Bertz CT molecular complexity index is 389. The largest absolute Gasteiger partial charge is 0.497 e. The van der Waals surface area contributed by atoms with Gasteiger partial charge >= 0.3 is 6.09 Å². The van der Waals surface area contributed by atoms with Gasteiger partial charge in [0.25, 0.3) is 0 Å². The molecule has 0 aliphatic carbocycles. The van der Waals surface area contributed by atoms with Crippen molar-refractivity contribution in [3.63, 3.8) is 0 Å². The van der Waals surface area contributed by atoms with Crippen molar-refractivity contribution in [3.05, 3.63) is 29.3 Å². The van der Waals surface area contributed by atoms with Crippen LogP contribution in [0.2, 0.25) is 0 Å². The normalized spacial score (nSPS) is 19.6. The van der Waals surface area contributed by atoms with Crippen LogP contribution in [0, 0.1) is 6.92 Å². The molecule has 0 spiro atoms. The summed E-state index contributed by atoms with van der Waals surface area (Å²) in [5.41, 5.74) is 2.09. The summed E-state index contributed by atoms with van der Waals surface area (Å²) in [6.45, 7) is 2.51. The zero-order valence-electron chi connectivity index (χ0n) is 8.74. The minimum absolute atomic E-state index is 0.177. The highest BCUT2D eigenvalue weighted by atomic mass is 16.6. The fraction of sp³-hybridized carbons (Fsp3) is 0.364. The second-order valence-corrected chi connectivity index (χ2v) is 3.50. The molecule has 1 amide bonds. The molecule has 2 rings (SSSR count). The van der Waals surface area contributed by atoms with Crippen molar-refractivity contribution in [2.24, 2.45) is 0 Å². The highest BCUT2D eigenvalue weighted by Gasteiger charge is 2.25. The summed E-state index contributed by atoms with van der Waals surface area (Å²) in [6.07, 6.45) is -0.529. The molecule has 1 aromatic carbocycles. The van der Waals surface area contributed by atoms with E-state index in [-0.39, 0.29) is 12.2 Å². The lowest BCUT2D eigenvalue weighted by atomic mass is 10.0. The number of cyclic esters (lactones) is 1. The van der Waals surface area contributed by atoms with E-state index in [1.54, 1.807) is 7.11 Å². The molecule has 0 bridgehead atoms. The maximum absolute atomic E-state index is 10.9. The fourth-order valence-corrected chi connectivity index (χ4v) is 1.70. The van der Waals surface area contributed by atoms with Gasteiger partial charge in [0.2, 0.25) is 0 Å². The number of benzene rings is 1. The molecule has 0 saturated carbocycles. The Balaban J connectivity index is 2.25. The summed E-state index contributed by atoms with van der Waals surface area (Å²) < 4.78 is 10.2. The zero-order chi connectivity index (χ0) is 10.8. The van der Waals surface area contributed by atoms with E-state index in [0.717, 1.165) is 16.9 Å². The highest BCUT2D eigenvalue weighted by molar-refractivity contribution is 5.69. The number of methoxy groups -OCH3 is 1. The molecule has 4 heteroatoms. The van der Waals surface area contributed by atoms with Crippen LogP contribution in [-0.2, 0) is 4.74 Å². The van der Waals surface area contributed by atoms with Gasteiger partial charge in [0.05, 0.1) is 13.7 Å². The van der Waals surface area contributed by atoms with Gasteiger partial charge in [-0.1, -0.05) is 6.07 Å². The second kappa shape index (κ2) is 3.81. The molecule has 1 atom stereocenters. The predicted octanol–water partition coefficient (Wildman–Crippen LogP) is 1.78. The third-order valence-electron chi connectivity index (χ3n) is 2.50. The summed E-state index contributed by atoms with van der Waals surface area (Å²) >= 11 is 0. The summed E-state index contributed by atoms with van der Waals surface area (Å²) in [4.78, 5) is 10.9. The third-order valence-corrected chi connectivity index (χ3v) is 2.50. The number of carbonyl (C=O) groups is 1. The van der Waals surface area contributed by atoms with E-state index in [1.165, 1.54) is 0 Å². The smallest absolute Gasteiger partial charge is 0.407 e. The number of aryl methyl sites for hydroxylation is 1. The van der Waals surface area contributed by atoms with Crippen LogP contribution in [0.15, 0.2) is 18.2 Å². The summed E-state index contributed by atoms with van der Waals surface area (Å²) in [5.74, 6) is 0.813. The first-order valence-corrected chi connectivity index (χ1v) is 4.79. The number of hydrogen-bond acceptors (Lipinski definition) is 3. The van der Waals surface area contributed by atoms with Gasteiger partial charge in [0, 0.05) is 0 Å². The van der Waals surface area contributed by atoms with Gasteiger partial charge in [0.1, 0.15) is 11.9 Å². The fourth-order valence-electron chi connectivity index (χ4n) is 1.70. The van der Waals surface area contributed by atoms with E-state index >= 15 is 0 Å². The average Bonchev–Trinajstić information content (AvgIpc) is 2.64. The molecule has 0 radical (unpaired) electrons. The Morgan fingerprint density at radius 2 is 2.33 bits per heavy atom. The van der Waals surface area contributed by atoms with Crippen molar-refractivity contribution in [1.82, 2.24) is 5.32 Å². The Labute approximate surface area is 88.2 Å². The summed E-state index contributed by atoms with van der Waals surface area (Å²) in [6, 6.07) is 5.73.